The second-order valence-corrected chi connectivity index (χ2v) is 6.89. The zero-order valence-corrected chi connectivity index (χ0v) is 13.3. The van der Waals surface area contributed by atoms with Gasteiger partial charge in [-0.2, -0.15) is 0 Å². The van der Waals surface area contributed by atoms with Gasteiger partial charge in [-0.05, 0) is 24.1 Å². The van der Waals surface area contributed by atoms with Crippen molar-refractivity contribution in [3.8, 4) is 5.75 Å². The smallest absolute Gasteiger partial charge is 0.137 e. The summed E-state index contributed by atoms with van der Waals surface area (Å²) in [5.74, 6) is 1.90. The number of rotatable bonds is 1. The molecule has 0 saturated carbocycles. The summed E-state index contributed by atoms with van der Waals surface area (Å²) in [5.41, 5.74) is 2.13. The molecule has 110 valence electrons. The lowest BCUT2D eigenvalue weighted by molar-refractivity contribution is 0.257. The third-order valence-electron chi connectivity index (χ3n) is 3.72. The molecule has 3 nitrogen and oxygen atoms in total. The van der Waals surface area contributed by atoms with E-state index < -0.39 is 0 Å². The van der Waals surface area contributed by atoms with Gasteiger partial charge in [0.05, 0.1) is 18.2 Å². The van der Waals surface area contributed by atoms with Gasteiger partial charge < -0.3 is 4.74 Å². The van der Waals surface area contributed by atoms with Gasteiger partial charge in [-0.25, -0.2) is 9.97 Å². The first-order chi connectivity index (χ1) is 9.93. The van der Waals surface area contributed by atoms with Crippen molar-refractivity contribution in [2.75, 3.05) is 6.61 Å². The second-order valence-electron chi connectivity index (χ2n) is 6.50. The van der Waals surface area contributed by atoms with Crippen LogP contribution in [0.4, 0.5) is 0 Å². The molecule has 0 radical (unpaired) electrons. The Hall–Kier alpha value is -1.61. The van der Waals surface area contributed by atoms with Crippen molar-refractivity contribution in [2.45, 2.75) is 38.5 Å². The summed E-state index contributed by atoms with van der Waals surface area (Å²) in [6.45, 7) is 6.98. The summed E-state index contributed by atoms with van der Waals surface area (Å²) >= 11 is 6.18. The first-order valence-corrected chi connectivity index (χ1v) is 7.57. The van der Waals surface area contributed by atoms with Crippen LogP contribution in [0.2, 0.25) is 5.15 Å². The largest absolute Gasteiger partial charge is 0.493 e. The van der Waals surface area contributed by atoms with E-state index >= 15 is 0 Å². The molecule has 1 aromatic carbocycles. The number of benzene rings is 1. The molecule has 0 N–H and O–H groups in total. The maximum Gasteiger partial charge on any atom is 0.137 e. The predicted molar refractivity (Wildman–Crippen MR) is 84.1 cm³/mol. The highest BCUT2D eigenvalue weighted by Crippen LogP contribution is 2.32. The number of para-hydroxylation sites is 1. The summed E-state index contributed by atoms with van der Waals surface area (Å²) in [6.07, 6.45) is 0.889. The fraction of sp³-hybridized carbons (Fsp3) is 0.412. The number of nitrogens with zero attached hydrogens (tertiary/aromatic N) is 2. The summed E-state index contributed by atoms with van der Waals surface area (Å²) in [6, 6.07) is 9.97. The Morgan fingerprint density at radius 2 is 1.95 bits per heavy atom. The number of aromatic nitrogens is 2. The molecule has 2 aromatic rings. The van der Waals surface area contributed by atoms with E-state index in [1.54, 1.807) is 0 Å². The van der Waals surface area contributed by atoms with Crippen LogP contribution in [-0.4, -0.2) is 16.6 Å². The van der Waals surface area contributed by atoms with E-state index in [1.807, 2.05) is 24.3 Å². The lowest BCUT2D eigenvalue weighted by Gasteiger charge is -2.26. The molecule has 1 atom stereocenters. The molecule has 4 heteroatoms. The van der Waals surface area contributed by atoms with Gasteiger partial charge in [-0.1, -0.05) is 50.6 Å². The summed E-state index contributed by atoms with van der Waals surface area (Å²) < 4.78 is 5.83. The van der Waals surface area contributed by atoms with Crippen LogP contribution in [0, 0.1) is 0 Å². The minimum Gasteiger partial charge on any atom is -0.493 e. The zero-order valence-electron chi connectivity index (χ0n) is 12.6. The van der Waals surface area contributed by atoms with Gasteiger partial charge in [-0.15, -0.1) is 0 Å². The van der Waals surface area contributed by atoms with Crippen molar-refractivity contribution in [3.63, 3.8) is 0 Å². The van der Waals surface area contributed by atoms with Gasteiger partial charge >= 0.3 is 0 Å². The quantitative estimate of drug-likeness (QED) is 0.742. The molecular formula is C17H19ClN2O. The lowest BCUT2D eigenvalue weighted by Crippen LogP contribution is -2.23. The van der Waals surface area contributed by atoms with Crippen LogP contribution in [0.15, 0.2) is 30.3 Å². The highest BCUT2D eigenvalue weighted by Gasteiger charge is 2.26. The van der Waals surface area contributed by atoms with Crippen molar-refractivity contribution in [3.05, 3.63) is 52.6 Å². The molecule has 1 aliphatic heterocycles. The molecule has 21 heavy (non-hydrogen) atoms. The Morgan fingerprint density at radius 3 is 2.71 bits per heavy atom. The number of hydrogen-bond acceptors (Lipinski definition) is 3. The fourth-order valence-electron chi connectivity index (χ4n) is 2.50. The van der Waals surface area contributed by atoms with E-state index in [2.05, 4.69) is 31.8 Å². The molecule has 0 aliphatic carbocycles. The molecule has 1 aromatic heterocycles. The van der Waals surface area contributed by atoms with Crippen LogP contribution in [0.1, 0.15) is 43.8 Å². The lowest BCUT2D eigenvalue weighted by atomic mass is 9.91. The van der Waals surface area contributed by atoms with E-state index in [0.717, 1.165) is 23.7 Å². The van der Waals surface area contributed by atoms with Crippen molar-refractivity contribution >= 4 is 11.6 Å². The summed E-state index contributed by atoms with van der Waals surface area (Å²) in [7, 11) is 0. The average molecular weight is 303 g/mol. The van der Waals surface area contributed by atoms with Gasteiger partial charge in [-0.3, -0.25) is 0 Å². The molecule has 0 fully saturated rings. The molecule has 1 unspecified atom stereocenters. The van der Waals surface area contributed by atoms with Gasteiger partial charge in [0, 0.05) is 5.41 Å². The topological polar surface area (TPSA) is 35.0 Å². The fourth-order valence-corrected chi connectivity index (χ4v) is 2.69. The van der Waals surface area contributed by atoms with Crippen molar-refractivity contribution in [2.24, 2.45) is 0 Å². The normalized spacial score (nSPS) is 18.0. The Labute approximate surface area is 130 Å². The van der Waals surface area contributed by atoms with Crippen molar-refractivity contribution in [1.82, 2.24) is 9.97 Å². The SMILES string of the molecule is CC(C)(C)c1cc(Cl)nc(C2COc3ccccc3C2)n1. The minimum atomic E-state index is -0.0469. The van der Waals surface area contributed by atoms with Gasteiger partial charge in [0.25, 0.3) is 0 Å². The van der Waals surface area contributed by atoms with Crippen LogP contribution >= 0.6 is 11.6 Å². The standard InChI is InChI=1S/C17H19ClN2O/c1-17(2,3)14-9-15(18)20-16(19-14)12-8-11-6-4-5-7-13(11)21-10-12/h4-7,9,12H,8,10H2,1-3H3. The number of hydrogen-bond donors (Lipinski definition) is 0. The number of halogens is 1. The summed E-state index contributed by atoms with van der Waals surface area (Å²) in [5, 5.41) is 0.504. The molecule has 1 aliphatic rings. The number of ether oxygens (including phenoxy) is 1. The molecule has 0 amide bonds. The monoisotopic (exact) mass is 302 g/mol. The molecule has 3 rings (SSSR count). The highest BCUT2D eigenvalue weighted by atomic mass is 35.5. The van der Waals surface area contributed by atoms with E-state index in [4.69, 9.17) is 21.3 Å². The van der Waals surface area contributed by atoms with Gasteiger partial charge in [0.2, 0.25) is 0 Å². The van der Waals surface area contributed by atoms with E-state index in [-0.39, 0.29) is 11.3 Å². The number of fused-ring (bicyclic) bond motifs is 1. The third-order valence-corrected chi connectivity index (χ3v) is 3.92. The Bertz CT molecular complexity index is 664. The summed E-state index contributed by atoms with van der Waals surface area (Å²) in [4.78, 5) is 9.14. The maximum atomic E-state index is 6.18. The van der Waals surface area contributed by atoms with Crippen LogP contribution in [0.5, 0.6) is 5.75 Å². The van der Waals surface area contributed by atoms with Crippen LogP contribution in [-0.2, 0) is 11.8 Å². The van der Waals surface area contributed by atoms with Crippen LogP contribution < -0.4 is 4.74 Å². The molecule has 2 heterocycles. The van der Waals surface area contributed by atoms with Crippen molar-refractivity contribution in [1.29, 1.82) is 0 Å². The Balaban J connectivity index is 1.94. The third kappa shape index (κ3) is 3.03. The molecule has 0 bridgehead atoms. The van der Waals surface area contributed by atoms with E-state index in [9.17, 15) is 0 Å². The molecule has 0 spiro atoms. The second kappa shape index (κ2) is 5.30. The van der Waals surface area contributed by atoms with Crippen LogP contribution in [0.25, 0.3) is 0 Å². The van der Waals surface area contributed by atoms with E-state index in [0.29, 0.717) is 11.8 Å². The Morgan fingerprint density at radius 1 is 1.19 bits per heavy atom. The molecular weight excluding hydrogens is 284 g/mol. The van der Waals surface area contributed by atoms with Gasteiger partial charge in [0.15, 0.2) is 0 Å². The highest BCUT2D eigenvalue weighted by molar-refractivity contribution is 6.29. The van der Waals surface area contributed by atoms with Crippen molar-refractivity contribution < 1.29 is 4.74 Å². The van der Waals surface area contributed by atoms with E-state index in [1.165, 1.54) is 5.56 Å². The van der Waals surface area contributed by atoms with Crippen LogP contribution in [0.3, 0.4) is 0 Å². The zero-order chi connectivity index (χ0) is 15.0. The average Bonchev–Trinajstić information content (AvgIpc) is 2.45. The first kappa shape index (κ1) is 14.3. The first-order valence-electron chi connectivity index (χ1n) is 7.19. The predicted octanol–water partition coefficient (Wildman–Crippen LogP) is 4.15. The Kier molecular flexibility index (Phi) is 3.62. The van der Waals surface area contributed by atoms with Gasteiger partial charge in [0.1, 0.15) is 16.7 Å². The molecule has 0 saturated heterocycles. The minimum absolute atomic E-state index is 0.0469. The maximum absolute atomic E-state index is 6.18.